The van der Waals surface area contributed by atoms with Crippen molar-refractivity contribution in [2.45, 2.75) is 51.1 Å². The Balaban J connectivity index is 0.000000645. The maximum Gasteiger partial charge on any atom is 0.346 e. The first kappa shape index (κ1) is 19.2. The van der Waals surface area contributed by atoms with Gasteiger partial charge in [-0.1, -0.05) is 0 Å². The van der Waals surface area contributed by atoms with Crippen molar-refractivity contribution in [1.29, 1.82) is 0 Å². The minimum Gasteiger partial charge on any atom is -0.483 e. The molecule has 0 aromatic carbocycles. The lowest BCUT2D eigenvalue weighted by Gasteiger charge is -2.33. The van der Waals surface area contributed by atoms with Crippen molar-refractivity contribution < 1.29 is 19.4 Å². The minimum atomic E-state index is -0.513. The average molecular weight is 406 g/mol. The SMILES string of the molecule is O=C(Cn1cnnn1)N1CCC2(C1)Cn1c(nn(CC3CC3)c1=O)CO2.O=CO. The van der Waals surface area contributed by atoms with E-state index in [1.807, 2.05) is 0 Å². The normalized spacial score (nSPS) is 22.8. The van der Waals surface area contributed by atoms with Gasteiger partial charge in [-0.05, 0) is 35.6 Å². The highest BCUT2D eigenvalue weighted by Crippen LogP contribution is 2.32. The third-order valence-electron chi connectivity index (χ3n) is 5.44. The molecule has 13 nitrogen and oxygen atoms in total. The highest BCUT2D eigenvalue weighted by Gasteiger charge is 2.45. The van der Waals surface area contributed by atoms with Gasteiger partial charge < -0.3 is 14.7 Å². The number of likely N-dealkylation sites (tertiary alicyclic amines) is 1. The highest BCUT2D eigenvalue weighted by molar-refractivity contribution is 5.76. The molecule has 3 aliphatic rings. The number of hydrogen-bond acceptors (Lipinski definition) is 8. The van der Waals surface area contributed by atoms with Gasteiger partial charge in [-0.25, -0.2) is 14.2 Å². The van der Waals surface area contributed by atoms with Crippen LogP contribution < -0.4 is 5.69 Å². The molecule has 1 aliphatic carbocycles. The van der Waals surface area contributed by atoms with E-state index >= 15 is 0 Å². The lowest BCUT2D eigenvalue weighted by atomic mass is 10.0. The number of nitrogens with zero attached hydrogens (tertiary/aromatic N) is 8. The van der Waals surface area contributed by atoms with Crippen LogP contribution in [0.25, 0.3) is 0 Å². The van der Waals surface area contributed by atoms with Crippen LogP contribution in [0.15, 0.2) is 11.1 Å². The van der Waals surface area contributed by atoms with Crippen LogP contribution in [0, 0.1) is 5.92 Å². The summed E-state index contributed by atoms with van der Waals surface area (Å²) in [6.07, 6.45) is 4.47. The van der Waals surface area contributed by atoms with Crippen LogP contribution in [-0.4, -0.2) is 75.6 Å². The van der Waals surface area contributed by atoms with E-state index in [0.717, 1.165) is 0 Å². The second-order valence-corrected chi connectivity index (χ2v) is 7.56. The zero-order valence-corrected chi connectivity index (χ0v) is 15.8. The molecule has 2 fully saturated rings. The molecule has 1 amide bonds. The molecule has 2 aromatic heterocycles. The number of amides is 1. The molecule has 2 aromatic rings. The summed E-state index contributed by atoms with van der Waals surface area (Å²) in [5, 5.41) is 22.1. The van der Waals surface area contributed by atoms with Crippen LogP contribution in [0.3, 0.4) is 0 Å². The predicted molar refractivity (Wildman–Crippen MR) is 94.4 cm³/mol. The molecule has 1 N–H and O–H groups in total. The average Bonchev–Trinajstić information content (AvgIpc) is 3.08. The first-order chi connectivity index (χ1) is 14.0. The number of hydrogen-bond donors (Lipinski definition) is 1. The van der Waals surface area contributed by atoms with Crippen molar-refractivity contribution in [3.63, 3.8) is 0 Å². The standard InChI is InChI=1S/C15H20N8O3.CH2O2/c24-13(6-21-10-16-18-19-21)20-4-3-15(8-20)9-22-12(7-26-15)17-23(14(22)25)5-11-1-2-11;2-1-3/h10-11H,1-9H2;1H,(H,2,3). The third kappa shape index (κ3) is 4.04. The molecule has 1 spiro atoms. The number of carbonyl (C=O) groups excluding carboxylic acids is 1. The van der Waals surface area contributed by atoms with Crippen molar-refractivity contribution in [2.24, 2.45) is 5.92 Å². The first-order valence-corrected chi connectivity index (χ1v) is 9.40. The molecule has 5 rings (SSSR count). The summed E-state index contributed by atoms with van der Waals surface area (Å²) >= 11 is 0. The number of tetrazole rings is 1. The maximum absolute atomic E-state index is 12.6. The molecule has 2 aliphatic heterocycles. The Morgan fingerprint density at radius 1 is 1.38 bits per heavy atom. The van der Waals surface area contributed by atoms with Crippen molar-refractivity contribution >= 4 is 12.4 Å². The quantitative estimate of drug-likeness (QED) is 0.589. The predicted octanol–water partition coefficient (Wildman–Crippen LogP) is -1.66. The Morgan fingerprint density at radius 2 is 2.17 bits per heavy atom. The van der Waals surface area contributed by atoms with Gasteiger partial charge in [-0.15, -0.1) is 5.10 Å². The van der Waals surface area contributed by atoms with Gasteiger partial charge in [-0.3, -0.25) is 14.2 Å². The minimum absolute atomic E-state index is 0.0552. The van der Waals surface area contributed by atoms with Gasteiger partial charge in [0.15, 0.2) is 5.82 Å². The monoisotopic (exact) mass is 406 g/mol. The number of carbonyl (C=O) groups is 2. The van der Waals surface area contributed by atoms with Gasteiger partial charge in [-0.2, -0.15) is 5.10 Å². The highest BCUT2D eigenvalue weighted by atomic mass is 16.5. The van der Waals surface area contributed by atoms with E-state index < -0.39 is 5.60 Å². The number of rotatable bonds is 4. The summed E-state index contributed by atoms with van der Waals surface area (Å²) in [5.41, 5.74) is -0.575. The van der Waals surface area contributed by atoms with Gasteiger partial charge in [0, 0.05) is 13.1 Å². The van der Waals surface area contributed by atoms with Gasteiger partial charge in [0.2, 0.25) is 5.91 Å². The molecule has 0 bridgehead atoms. The van der Waals surface area contributed by atoms with E-state index in [2.05, 4.69) is 20.6 Å². The Morgan fingerprint density at radius 3 is 2.86 bits per heavy atom. The van der Waals surface area contributed by atoms with Gasteiger partial charge in [0.05, 0.1) is 13.1 Å². The van der Waals surface area contributed by atoms with E-state index in [9.17, 15) is 9.59 Å². The van der Waals surface area contributed by atoms with Gasteiger partial charge >= 0.3 is 5.69 Å². The molecule has 1 saturated carbocycles. The number of carboxylic acid groups (broad SMARTS) is 1. The largest absolute Gasteiger partial charge is 0.483 e. The van der Waals surface area contributed by atoms with Crippen molar-refractivity contribution in [3.8, 4) is 0 Å². The molecular formula is C16H22N8O5. The number of ether oxygens (including phenoxy) is 1. The summed E-state index contributed by atoms with van der Waals surface area (Å²) in [6.45, 7) is 2.37. The zero-order valence-electron chi connectivity index (χ0n) is 15.8. The molecule has 4 heterocycles. The zero-order chi connectivity index (χ0) is 20.4. The summed E-state index contributed by atoms with van der Waals surface area (Å²) in [4.78, 5) is 35.2. The fourth-order valence-corrected chi connectivity index (χ4v) is 3.76. The topological polar surface area (TPSA) is 150 Å². The maximum atomic E-state index is 12.6. The van der Waals surface area contributed by atoms with Crippen LogP contribution in [0.4, 0.5) is 0 Å². The van der Waals surface area contributed by atoms with Crippen LogP contribution in [0.1, 0.15) is 25.1 Å². The van der Waals surface area contributed by atoms with Gasteiger partial charge in [0.1, 0.15) is 25.1 Å². The Labute approximate surface area is 164 Å². The lowest BCUT2D eigenvalue weighted by molar-refractivity contribution is -0.134. The van der Waals surface area contributed by atoms with E-state index in [1.54, 1.807) is 14.1 Å². The Bertz CT molecular complexity index is 934. The molecule has 1 unspecified atom stereocenters. The summed E-state index contributed by atoms with van der Waals surface area (Å²) < 4.78 is 10.8. The van der Waals surface area contributed by atoms with Crippen molar-refractivity contribution in [3.05, 3.63) is 22.6 Å². The number of fused-ring (bicyclic) bond motifs is 1. The van der Waals surface area contributed by atoms with Crippen molar-refractivity contribution in [2.75, 3.05) is 13.1 Å². The van der Waals surface area contributed by atoms with E-state index in [-0.39, 0.29) is 24.6 Å². The second-order valence-electron chi connectivity index (χ2n) is 7.56. The van der Waals surface area contributed by atoms with Crippen LogP contribution >= 0.6 is 0 Å². The van der Waals surface area contributed by atoms with Crippen LogP contribution in [-0.2, 0) is 40.6 Å². The Hall–Kier alpha value is -3.09. The molecule has 1 atom stereocenters. The summed E-state index contributed by atoms with van der Waals surface area (Å²) in [7, 11) is 0. The van der Waals surface area contributed by atoms with Crippen LogP contribution in [0.2, 0.25) is 0 Å². The molecular weight excluding hydrogens is 384 g/mol. The fourth-order valence-electron chi connectivity index (χ4n) is 3.76. The van der Waals surface area contributed by atoms with E-state index in [0.29, 0.717) is 50.9 Å². The molecule has 1 saturated heterocycles. The number of aromatic nitrogens is 7. The molecule has 156 valence electrons. The third-order valence-corrected chi connectivity index (χ3v) is 5.44. The fraction of sp³-hybridized carbons (Fsp3) is 0.688. The van der Waals surface area contributed by atoms with E-state index in [1.165, 1.54) is 23.9 Å². The first-order valence-electron chi connectivity index (χ1n) is 9.40. The van der Waals surface area contributed by atoms with Crippen molar-refractivity contribution in [1.82, 2.24) is 39.5 Å². The van der Waals surface area contributed by atoms with E-state index in [4.69, 9.17) is 14.6 Å². The lowest BCUT2D eigenvalue weighted by Crippen LogP contribution is -2.47. The van der Waals surface area contributed by atoms with Crippen LogP contribution in [0.5, 0.6) is 0 Å². The summed E-state index contributed by atoms with van der Waals surface area (Å²) in [6, 6.07) is 0. The Kier molecular flexibility index (Phi) is 5.13. The summed E-state index contributed by atoms with van der Waals surface area (Å²) in [5.74, 6) is 1.21. The molecule has 13 heteroatoms. The molecule has 29 heavy (non-hydrogen) atoms. The van der Waals surface area contributed by atoms with Gasteiger partial charge in [0.25, 0.3) is 6.47 Å². The smallest absolute Gasteiger partial charge is 0.346 e. The molecule has 0 radical (unpaired) electrons. The second kappa shape index (κ2) is 7.73.